The molecular weight excluding hydrogens is 423 g/mol. The fraction of sp³-hybridized carbons (Fsp3) is 0.292. The number of ether oxygens (including phenoxy) is 1. The molecule has 170 valence electrons. The Morgan fingerprint density at radius 2 is 2.09 bits per heavy atom. The first-order valence-corrected chi connectivity index (χ1v) is 10.9. The minimum atomic E-state index is -0.440. The molecule has 0 bridgehead atoms. The van der Waals surface area contributed by atoms with Crippen molar-refractivity contribution in [3.8, 4) is 17.0 Å². The van der Waals surface area contributed by atoms with Gasteiger partial charge in [0, 0.05) is 17.5 Å². The highest BCUT2D eigenvalue weighted by molar-refractivity contribution is 6.32. The van der Waals surface area contributed by atoms with Gasteiger partial charge in [-0.2, -0.15) is 5.10 Å². The molecule has 3 aromatic rings. The van der Waals surface area contributed by atoms with Crippen LogP contribution in [-0.4, -0.2) is 40.9 Å². The molecule has 2 aliphatic heterocycles. The van der Waals surface area contributed by atoms with Gasteiger partial charge in [-0.05, 0) is 51.1 Å². The van der Waals surface area contributed by atoms with Crippen LogP contribution < -0.4 is 20.7 Å². The number of carbonyl (C=O) groups excluding carboxylic acids is 1. The second kappa shape index (κ2) is 8.67. The van der Waals surface area contributed by atoms with Crippen LogP contribution in [0, 0.1) is 5.82 Å². The Morgan fingerprint density at radius 3 is 2.88 bits per heavy atom. The van der Waals surface area contributed by atoms with Crippen LogP contribution >= 0.6 is 0 Å². The Kier molecular flexibility index (Phi) is 5.55. The van der Waals surface area contributed by atoms with E-state index in [1.165, 1.54) is 13.2 Å². The number of halogens is 1. The standard InChI is InChI=1S/C24H25FN6O2/c1-14(29-15-11-28-31(13-15)16-6-8-26-9-7-16)22-17-10-19(27-12-20(17)30-24(22)32)23-18(25)4-3-5-21(23)33-2/h3-5,10-13,16,26,29H,6-9H2,1-2H3,(H,30,32)/b22-14-. The molecule has 2 aromatic heterocycles. The zero-order valence-corrected chi connectivity index (χ0v) is 18.5. The Bertz CT molecular complexity index is 1250. The number of methoxy groups -OCH3 is 1. The van der Waals surface area contributed by atoms with Gasteiger partial charge in [-0.3, -0.25) is 14.5 Å². The Hall–Kier alpha value is -3.72. The average molecular weight is 449 g/mol. The number of rotatable bonds is 5. The van der Waals surface area contributed by atoms with Crippen molar-refractivity contribution in [2.75, 3.05) is 30.8 Å². The molecular formula is C24H25FN6O2. The van der Waals surface area contributed by atoms with Crippen LogP contribution in [0.4, 0.5) is 15.8 Å². The van der Waals surface area contributed by atoms with E-state index in [0.29, 0.717) is 40.0 Å². The summed E-state index contributed by atoms with van der Waals surface area (Å²) >= 11 is 0. The van der Waals surface area contributed by atoms with Gasteiger partial charge in [0.25, 0.3) is 5.91 Å². The lowest BCUT2D eigenvalue weighted by Gasteiger charge is -2.22. The van der Waals surface area contributed by atoms with Crippen LogP contribution in [-0.2, 0) is 4.79 Å². The van der Waals surface area contributed by atoms with Gasteiger partial charge in [-0.25, -0.2) is 4.39 Å². The minimum absolute atomic E-state index is 0.236. The van der Waals surface area contributed by atoms with E-state index in [4.69, 9.17) is 4.74 Å². The van der Waals surface area contributed by atoms with Crippen LogP contribution in [0.3, 0.4) is 0 Å². The van der Waals surface area contributed by atoms with Crippen molar-refractivity contribution in [2.24, 2.45) is 0 Å². The number of pyridine rings is 1. The summed E-state index contributed by atoms with van der Waals surface area (Å²) in [5.74, 6) is -0.296. The van der Waals surface area contributed by atoms with Crippen LogP contribution in [0.15, 0.2) is 48.6 Å². The average Bonchev–Trinajstić information content (AvgIpc) is 3.42. The van der Waals surface area contributed by atoms with Gasteiger partial charge in [0.05, 0.1) is 53.8 Å². The highest BCUT2D eigenvalue weighted by atomic mass is 19.1. The number of benzene rings is 1. The summed E-state index contributed by atoms with van der Waals surface area (Å²) in [7, 11) is 1.49. The fourth-order valence-electron chi connectivity index (χ4n) is 4.45. The molecule has 1 saturated heterocycles. The lowest BCUT2D eigenvalue weighted by molar-refractivity contribution is -0.110. The molecule has 2 aliphatic rings. The third-order valence-corrected chi connectivity index (χ3v) is 6.09. The zero-order chi connectivity index (χ0) is 22.9. The quantitative estimate of drug-likeness (QED) is 0.514. The summed E-state index contributed by atoms with van der Waals surface area (Å²) in [6, 6.07) is 6.71. The summed E-state index contributed by atoms with van der Waals surface area (Å²) in [5.41, 5.74) is 3.86. The number of allylic oxidation sites excluding steroid dienone is 1. The van der Waals surface area contributed by atoms with Gasteiger partial charge in [-0.15, -0.1) is 0 Å². The third kappa shape index (κ3) is 3.95. The summed E-state index contributed by atoms with van der Waals surface area (Å²) in [4.78, 5) is 17.2. The smallest absolute Gasteiger partial charge is 0.258 e. The summed E-state index contributed by atoms with van der Waals surface area (Å²) in [6.07, 6.45) is 7.35. The molecule has 0 spiro atoms. The lowest BCUT2D eigenvalue weighted by Crippen LogP contribution is -2.29. The molecule has 1 amide bonds. The van der Waals surface area contributed by atoms with Gasteiger partial charge < -0.3 is 20.7 Å². The van der Waals surface area contributed by atoms with Crippen LogP contribution in [0.5, 0.6) is 5.75 Å². The van der Waals surface area contributed by atoms with Crippen molar-refractivity contribution in [2.45, 2.75) is 25.8 Å². The number of piperidine rings is 1. The maximum absolute atomic E-state index is 14.6. The molecule has 0 saturated carbocycles. The zero-order valence-electron chi connectivity index (χ0n) is 18.5. The molecule has 0 atom stereocenters. The van der Waals surface area contributed by atoms with Crippen LogP contribution in [0.1, 0.15) is 31.4 Å². The predicted octanol–water partition coefficient (Wildman–Crippen LogP) is 3.81. The second-order valence-electron chi connectivity index (χ2n) is 8.20. The molecule has 0 aliphatic carbocycles. The van der Waals surface area contributed by atoms with Gasteiger partial charge in [0.15, 0.2) is 0 Å². The number of nitrogens with zero attached hydrogens (tertiary/aromatic N) is 3. The fourth-order valence-corrected chi connectivity index (χ4v) is 4.45. The van der Waals surface area contributed by atoms with E-state index in [1.54, 1.807) is 30.6 Å². The maximum Gasteiger partial charge on any atom is 0.258 e. The SMILES string of the molecule is COc1cccc(F)c1-c1cc2c(cn1)NC(=O)/C2=C(/C)Nc1cnn(C2CCNCC2)c1. The van der Waals surface area contributed by atoms with E-state index in [9.17, 15) is 9.18 Å². The van der Waals surface area contributed by atoms with Gasteiger partial charge in [0.2, 0.25) is 0 Å². The largest absolute Gasteiger partial charge is 0.496 e. The molecule has 1 aromatic carbocycles. The summed E-state index contributed by atoms with van der Waals surface area (Å²) in [5, 5.41) is 14.0. The van der Waals surface area contributed by atoms with Crippen molar-refractivity contribution >= 4 is 22.9 Å². The van der Waals surface area contributed by atoms with Crippen molar-refractivity contribution in [1.82, 2.24) is 20.1 Å². The van der Waals surface area contributed by atoms with E-state index in [0.717, 1.165) is 31.6 Å². The highest BCUT2D eigenvalue weighted by Crippen LogP contribution is 2.38. The van der Waals surface area contributed by atoms with Gasteiger partial charge in [0.1, 0.15) is 11.6 Å². The number of hydrogen-bond donors (Lipinski definition) is 3. The Morgan fingerprint density at radius 1 is 1.27 bits per heavy atom. The predicted molar refractivity (Wildman–Crippen MR) is 124 cm³/mol. The van der Waals surface area contributed by atoms with E-state index in [-0.39, 0.29) is 11.5 Å². The molecule has 1 fully saturated rings. The molecule has 33 heavy (non-hydrogen) atoms. The van der Waals surface area contributed by atoms with Crippen LogP contribution in [0.2, 0.25) is 0 Å². The molecule has 9 heteroatoms. The summed E-state index contributed by atoms with van der Waals surface area (Å²) < 4.78 is 21.9. The first kappa shape index (κ1) is 21.1. The molecule has 8 nitrogen and oxygen atoms in total. The molecule has 5 rings (SSSR count). The highest BCUT2D eigenvalue weighted by Gasteiger charge is 2.28. The molecule has 0 radical (unpaired) electrons. The molecule has 0 unspecified atom stereocenters. The van der Waals surface area contributed by atoms with E-state index in [1.807, 2.05) is 17.8 Å². The molecule has 4 heterocycles. The number of amides is 1. The second-order valence-corrected chi connectivity index (χ2v) is 8.20. The summed E-state index contributed by atoms with van der Waals surface area (Å²) in [6.45, 7) is 3.81. The third-order valence-electron chi connectivity index (χ3n) is 6.09. The number of aromatic nitrogens is 3. The first-order valence-electron chi connectivity index (χ1n) is 10.9. The Labute approximate surface area is 190 Å². The van der Waals surface area contributed by atoms with Crippen LogP contribution in [0.25, 0.3) is 16.8 Å². The van der Waals surface area contributed by atoms with E-state index >= 15 is 0 Å². The van der Waals surface area contributed by atoms with E-state index in [2.05, 4.69) is 26.0 Å². The van der Waals surface area contributed by atoms with Crippen molar-refractivity contribution < 1.29 is 13.9 Å². The Balaban J connectivity index is 1.48. The number of carbonyl (C=O) groups is 1. The lowest BCUT2D eigenvalue weighted by atomic mass is 10.0. The van der Waals surface area contributed by atoms with Gasteiger partial charge in [-0.1, -0.05) is 6.07 Å². The topological polar surface area (TPSA) is 93.1 Å². The van der Waals surface area contributed by atoms with Crippen molar-refractivity contribution in [3.63, 3.8) is 0 Å². The number of nitrogens with one attached hydrogen (secondary N) is 3. The van der Waals surface area contributed by atoms with E-state index < -0.39 is 5.82 Å². The number of fused-ring (bicyclic) bond motifs is 1. The van der Waals surface area contributed by atoms with Crippen molar-refractivity contribution in [1.29, 1.82) is 0 Å². The minimum Gasteiger partial charge on any atom is -0.496 e. The number of anilines is 2. The monoisotopic (exact) mass is 448 g/mol. The van der Waals surface area contributed by atoms with Crippen molar-refractivity contribution in [3.05, 3.63) is 59.9 Å². The molecule has 3 N–H and O–H groups in total. The van der Waals surface area contributed by atoms with Gasteiger partial charge >= 0.3 is 0 Å². The first-order chi connectivity index (χ1) is 16.0. The number of hydrogen-bond acceptors (Lipinski definition) is 6. The maximum atomic E-state index is 14.6. The normalized spacial score (nSPS) is 17.5.